The van der Waals surface area contributed by atoms with Crippen LogP contribution in [0.5, 0.6) is 0 Å². The van der Waals surface area contributed by atoms with Crippen LogP contribution in [-0.2, 0) is 4.79 Å². The van der Waals surface area contributed by atoms with E-state index in [1.54, 1.807) is 0 Å². The van der Waals surface area contributed by atoms with E-state index in [0.717, 1.165) is 0 Å². The van der Waals surface area contributed by atoms with E-state index < -0.39 is 5.97 Å². The first-order valence-corrected chi connectivity index (χ1v) is 5.67. The molecular weight excluding hydrogens is 218 g/mol. The fraction of sp³-hybridized carbons (Fsp3) is 0.500. The van der Waals surface area contributed by atoms with Gasteiger partial charge < -0.3 is 10.8 Å². The molecule has 0 amide bonds. The van der Waals surface area contributed by atoms with Crippen molar-refractivity contribution in [3.63, 3.8) is 0 Å². The lowest BCUT2D eigenvalue weighted by Crippen LogP contribution is -2.17. The van der Waals surface area contributed by atoms with Gasteiger partial charge in [-0.1, -0.05) is 6.07 Å². The number of likely N-dealkylation sites (tertiary alicyclic amines) is 1. The molecule has 1 aliphatic rings. The van der Waals surface area contributed by atoms with Gasteiger partial charge in [0, 0.05) is 18.4 Å². The van der Waals surface area contributed by atoms with Crippen molar-refractivity contribution in [2.45, 2.75) is 18.9 Å². The Morgan fingerprint density at radius 2 is 2.41 bits per heavy atom. The Kier molecular flexibility index (Phi) is 5.59. The van der Waals surface area contributed by atoms with Crippen LogP contribution in [0.25, 0.3) is 0 Å². The molecule has 94 valence electrons. The van der Waals surface area contributed by atoms with E-state index in [4.69, 9.17) is 5.11 Å². The first-order chi connectivity index (χ1) is 8.15. The van der Waals surface area contributed by atoms with Gasteiger partial charge in [0.1, 0.15) is 0 Å². The normalized spacial score (nSPS) is 19.5. The van der Waals surface area contributed by atoms with E-state index in [1.807, 2.05) is 18.5 Å². The highest BCUT2D eigenvalue weighted by molar-refractivity contribution is 5.68. The maximum atomic E-state index is 9.24. The molecule has 1 aromatic rings. The van der Waals surface area contributed by atoms with Gasteiger partial charge in [-0.05, 0) is 38.1 Å². The lowest BCUT2D eigenvalue weighted by molar-refractivity contribution is -0.135. The van der Waals surface area contributed by atoms with Crippen LogP contribution in [0, 0.1) is 0 Å². The number of hydrogen-bond acceptors (Lipinski definition) is 4. The molecule has 0 aliphatic carbocycles. The third kappa shape index (κ3) is 4.50. The minimum Gasteiger partial charge on any atom is -0.480 e. The van der Waals surface area contributed by atoms with E-state index in [0.29, 0.717) is 6.04 Å². The number of pyridine rings is 1. The van der Waals surface area contributed by atoms with Crippen molar-refractivity contribution in [3.05, 3.63) is 30.1 Å². The zero-order chi connectivity index (χ0) is 12.7. The predicted octanol–water partition coefficient (Wildman–Crippen LogP) is 0.878. The molecule has 0 spiro atoms. The van der Waals surface area contributed by atoms with E-state index >= 15 is 0 Å². The summed E-state index contributed by atoms with van der Waals surface area (Å²) < 4.78 is 0. The summed E-state index contributed by atoms with van der Waals surface area (Å²) in [6.07, 6.45) is 6.41. The third-order valence-electron chi connectivity index (χ3n) is 2.76. The van der Waals surface area contributed by atoms with Crippen molar-refractivity contribution in [1.29, 1.82) is 0 Å². The molecule has 0 saturated carbocycles. The van der Waals surface area contributed by atoms with Crippen LogP contribution in [0.2, 0.25) is 0 Å². The molecule has 0 unspecified atom stereocenters. The lowest BCUT2D eigenvalue weighted by Gasteiger charge is -2.18. The Hall–Kier alpha value is -1.46. The van der Waals surface area contributed by atoms with E-state index in [2.05, 4.69) is 28.7 Å². The second-order valence-corrected chi connectivity index (χ2v) is 4.02. The average Bonchev–Trinajstić information content (AvgIpc) is 2.77. The van der Waals surface area contributed by atoms with E-state index in [1.165, 1.54) is 24.9 Å². The first kappa shape index (κ1) is 13.6. The number of aromatic nitrogens is 1. The third-order valence-corrected chi connectivity index (χ3v) is 2.76. The van der Waals surface area contributed by atoms with Crippen LogP contribution in [0.4, 0.5) is 0 Å². The summed E-state index contributed by atoms with van der Waals surface area (Å²) in [4.78, 5) is 15.8. The molecule has 5 heteroatoms. The molecule has 0 aromatic carbocycles. The molecule has 1 atom stereocenters. The summed E-state index contributed by atoms with van der Waals surface area (Å²) in [6.45, 7) is 0.944. The minimum absolute atomic E-state index is 0.278. The molecule has 2 heterocycles. The molecule has 17 heavy (non-hydrogen) atoms. The van der Waals surface area contributed by atoms with Crippen molar-refractivity contribution in [2.24, 2.45) is 5.73 Å². The van der Waals surface area contributed by atoms with Crippen LogP contribution in [0.15, 0.2) is 24.5 Å². The van der Waals surface area contributed by atoms with Crippen molar-refractivity contribution in [1.82, 2.24) is 9.88 Å². The number of carboxylic acids is 1. The number of carbonyl (C=O) groups is 1. The Balaban J connectivity index is 0.000000249. The lowest BCUT2D eigenvalue weighted by atomic mass is 10.1. The smallest absolute Gasteiger partial charge is 0.317 e. The van der Waals surface area contributed by atoms with E-state index in [9.17, 15) is 4.79 Å². The Morgan fingerprint density at radius 3 is 2.82 bits per heavy atom. The van der Waals surface area contributed by atoms with Gasteiger partial charge in [-0.15, -0.1) is 0 Å². The highest BCUT2D eigenvalue weighted by atomic mass is 16.4. The average molecular weight is 237 g/mol. The Labute approximate surface area is 101 Å². The van der Waals surface area contributed by atoms with Gasteiger partial charge in [0.15, 0.2) is 0 Å². The Bertz CT molecular complexity index is 343. The van der Waals surface area contributed by atoms with Gasteiger partial charge in [-0.3, -0.25) is 14.7 Å². The molecular formula is C12H19N3O2. The number of nitrogens with two attached hydrogens (primary N) is 1. The van der Waals surface area contributed by atoms with Crippen LogP contribution < -0.4 is 5.73 Å². The molecule has 0 radical (unpaired) electrons. The van der Waals surface area contributed by atoms with Gasteiger partial charge in [-0.25, -0.2) is 0 Å². The molecule has 0 bridgehead atoms. The molecule has 1 saturated heterocycles. The summed E-state index contributed by atoms with van der Waals surface area (Å²) in [5.74, 6) is -0.968. The summed E-state index contributed by atoms with van der Waals surface area (Å²) >= 11 is 0. The Morgan fingerprint density at radius 1 is 1.71 bits per heavy atom. The maximum Gasteiger partial charge on any atom is 0.317 e. The standard InChI is InChI=1S/C10H14N2.C2H5NO2/c1-12-7-3-5-10(12)9-4-2-6-11-8-9;3-1-2(4)5/h2,4,6,8,10H,3,5,7H2,1H3;1,3H2,(H,4,5)/t10-;/m0./s1. The zero-order valence-electron chi connectivity index (χ0n) is 10.0. The fourth-order valence-corrected chi connectivity index (χ4v) is 1.90. The SMILES string of the molecule is CN1CCC[C@H]1c1cccnc1.NCC(=O)O. The second kappa shape index (κ2) is 6.98. The predicted molar refractivity (Wildman–Crippen MR) is 65.5 cm³/mol. The first-order valence-electron chi connectivity index (χ1n) is 5.67. The molecule has 1 aliphatic heterocycles. The summed E-state index contributed by atoms with van der Waals surface area (Å²) in [5.41, 5.74) is 5.93. The van der Waals surface area contributed by atoms with Gasteiger partial charge in [0.05, 0.1) is 6.54 Å². The van der Waals surface area contributed by atoms with Crippen molar-refractivity contribution < 1.29 is 9.90 Å². The summed E-state index contributed by atoms with van der Waals surface area (Å²) in [7, 11) is 2.19. The van der Waals surface area contributed by atoms with Crippen LogP contribution in [0.1, 0.15) is 24.4 Å². The monoisotopic (exact) mass is 237 g/mol. The molecule has 1 aromatic heterocycles. The van der Waals surface area contributed by atoms with E-state index in [-0.39, 0.29) is 6.54 Å². The molecule has 2 rings (SSSR count). The molecule has 1 fully saturated rings. The van der Waals surface area contributed by atoms with Crippen LogP contribution in [0.3, 0.4) is 0 Å². The highest BCUT2D eigenvalue weighted by Gasteiger charge is 2.21. The topological polar surface area (TPSA) is 79.5 Å². The summed E-state index contributed by atoms with van der Waals surface area (Å²) in [6, 6.07) is 4.79. The van der Waals surface area contributed by atoms with Crippen LogP contribution in [-0.4, -0.2) is 41.1 Å². The molecule has 5 nitrogen and oxygen atoms in total. The van der Waals surface area contributed by atoms with Crippen molar-refractivity contribution in [3.8, 4) is 0 Å². The largest absolute Gasteiger partial charge is 0.480 e. The minimum atomic E-state index is -0.968. The quantitative estimate of drug-likeness (QED) is 0.798. The molecule has 3 N–H and O–H groups in total. The van der Waals surface area contributed by atoms with Gasteiger partial charge in [-0.2, -0.15) is 0 Å². The van der Waals surface area contributed by atoms with Gasteiger partial charge >= 0.3 is 5.97 Å². The summed E-state index contributed by atoms with van der Waals surface area (Å²) in [5, 5.41) is 7.60. The second-order valence-electron chi connectivity index (χ2n) is 4.02. The van der Waals surface area contributed by atoms with Crippen molar-refractivity contribution >= 4 is 5.97 Å². The number of carboxylic acid groups (broad SMARTS) is 1. The fourth-order valence-electron chi connectivity index (χ4n) is 1.90. The number of rotatable bonds is 2. The van der Waals surface area contributed by atoms with Crippen LogP contribution >= 0.6 is 0 Å². The zero-order valence-corrected chi connectivity index (χ0v) is 10.0. The number of hydrogen-bond donors (Lipinski definition) is 2. The number of nitrogens with zero attached hydrogens (tertiary/aromatic N) is 2. The maximum absolute atomic E-state index is 9.24. The van der Waals surface area contributed by atoms with Gasteiger partial charge in [0.2, 0.25) is 0 Å². The van der Waals surface area contributed by atoms with Gasteiger partial charge in [0.25, 0.3) is 0 Å². The van der Waals surface area contributed by atoms with Crippen molar-refractivity contribution in [2.75, 3.05) is 20.1 Å². The highest BCUT2D eigenvalue weighted by Crippen LogP contribution is 2.29. The number of aliphatic carboxylic acids is 1.